The van der Waals surface area contributed by atoms with Gasteiger partial charge in [0.05, 0.1) is 12.2 Å². The van der Waals surface area contributed by atoms with Crippen molar-refractivity contribution in [1.82, 2.24) is 10.2 Å². The van der Waals surface area contributed by atoms with Crippen molar-refractivity contribution >= 4 is 15.8 Å². The summed E-state index contributed by atoms with van der Waals surface area (Å²) < 4.78 is 27.6. The number of nitrogens with zero attached hydrogens (tertiary/aromatic N) is 2. The predicted octanol–water partition coefficient (Wildman–Crippen LogP) is -0.120. The van der Waals surface area contributed by atoms with Crippen molar-refractivity contribution in [2.75, 3.05) is 5.75 Å². The van der Waals surface area contributed by atoms with E-state index in [-0.39, 0.29) is 5.89 Å². The molecule has 0 radical (unpaired) electrons. The molecule has 0 aliphatic heterocycles. The molecule has 0 atom stereocenters. The van der Waals surface area contributed by atoms with Crippen LogP contribution in [0.3, 0.4) is 0 Å². The Hall–Kier alpha value is -1.44. The first-order valence-corrected chi connectivity index (χ1v) is 5.88. The van der Waals surface area contributed by atoms with Crippen molar-refractivity contribution in [2.45, 2.75) is 25.0 Å². The van der Waals surface area contributed by atoms with Crippen LogP contribution in [-0.2, 0) is 21.1 Å². The molecule has 1 N–H and O–H groups in total. The Balaban J connectivity index is 2.81. The van der Waals surface area contributed by atoms with Crippen LogP contribution in [-0.4, -0.2) is 35.4 Å². The highest BCUT2D eigenvalue weighted by molar-refractivity contribution is 7.91. The van der Waals surface area contributed by atoms with E-state index in [4.69, 9.17) is 9.52 Å². The maximum atomic E-state index is 11.4. The van der Waals surface area contributed by atoms with Crippen molar-refractivity contribution in [3.05, 3.63) is 5.89 Å². The Labute approximate surface area is 86.0 Å². The molecule has 1 aromatic heterocycles. The molecule has 1 aromatic rings. The molecule has 0 amide bonds. The molecule has 1 heterocycles. The Kier molecular flexibility index (Phi) is 3.40. The van der Waals surface area contributed by atoms with Gasteiger partial charge < -0.3 is 9.52 Å². The molecule has 8 heteroatoms. The molecule has 0 fully saturated rings. The van der Waals surface area contributed by atoms with E-state index < -0.39 is 33.2 Å². The standard InChI is InChI=1S/C7H10N2O5S/c1-2-5-8-9-7(14-5)15(12,13)4-3-6(10)11/h2-4H2,1H3,(H,10,11). The van der Waals surface area contributed by atoms with E-state index in [1.807, 2.05) is 0 Å². The van der Waals surface area contributed by atoms with Crippen molar-refractivity contribution in [1.29, 1.82) is 0 Å². The summed E-state index contributed by atoms with van der Waals surface area (Å²) in [6.07, 6.45) is -0.0480. The van der Waals surface area contributed by atoms with Crippen LogP contribution >= 0.6 is 0 Å². The Morgan fingerprint density at radius 2 is 2.13 bits per heavy atom. The van der Waals surface area contributed by atoms with Crippen molar-refractivity contribution in [2.24, 2.45) is 0 Å². The van der Waals surface area contributed by atoms with Crippen LogP contribution < -0.4 is 0 Å². The zero-order chi connectivity index (χ0) is 11.5. The largest absolute Gasteiger partial charge is 0.481 e. The number of aliphatic carboxylic acids is 1. The third-order valence-corrected chi connectivity index (χ3v) is 3.04. The fourth-order valence-electron chi connectivity index (χ4n) is 0.816. The summed E-state index contributed by atoms with van der Waals surface area (Å²) in [4.78, 5) is 10.2. The second-order valence-corrected chi connectivity index (χ2v) is 4.76. The first-order valence-electron chi connectivity index (χ1n) is 4.22. The first-order chi connectivity index (χ1) is 6.95. The van der Waals surface area contributed by atoms with Gasteiger partial charge in [0.15, 0.2) is 0 Å². The van der Waals surface area contributed by atoms with Gasteiger partial charge in [-0.3, -0.25) is 4.79 Å². The van der Waals surface area contributed by atoms with E-state index >= 15 is 0 Å². The summed E-state index contributed by atoms with van der Waals surface area (Å²) in [5.74, 6) is -1.51. The van der Waals surface area contributed by atoms with Gasteiger partial charge in [0.25, 0.3) is 0 Å². The molecule has 0 saturated carbocycles. The summed E-state index contributed by atoms with van der Waals surface area (Å²) in [5, 5.41) is 14.7. The molecule has 0 aliphatic rings. The molecule has 7 nitrogen and oxygen atoms in total. The van der Waals surface area contributed by atoms with Crippen molar-refractivity contribution in [3.8, 4) is 0 Å². The van der Waals surface area contributed by atoms with Gasteiger partial charge in [-0.15, -0.1) is 5.10 Å². The minimum absolute atomic E-state index is 0.212. The van der Waals surface area contributed by atoms with Gasteiger partial charge >= 0.3 is 11.2 Å². The van der Waals surface area contributed by atoms with Crippen LogP contribution in [0.15, 0.2) is 9.64 Å². The smallest absolute Gasteiger partial charge is 0.335 e. The average molecular weight is 234 g/mol. The zero-order valence-electron chi connectivity index (χ0n) is 8.00. The second-order valence-electron chi connectivity index (χ2n) is 2.78. The number of hydrogen-bond donors (Lipinski definition) is 1. The highest BCUT2D eigenvalue weighted by Gasteiger charge is 2.22. The third-order valence-electron chi connectivity index (χ3n) is 1.60. The summed E-state index contributed by atoms with van der Waals surface area (Å²) >= 11 is 0. The number of aryl methyl sites for hydroxylation is 1. The second kappa shape index (κ2) is 4.39. The van der Waals surface area contributed by atoms with E-state index in [1.165, 1.54) is 0 Å². The molecule has 0 unspecified atom stereocenters. The number of carboxylic acid groups (broad SMARTS) is 1. The van der Waals surface area contributed by atoms with Gasteiger partial charge in [0.2, 0.25) is 15.7 Å². The number of sulfone groups is 1. The van der Waals surface area contributed by atoms with Gasteiger partial charge in [0.1, 0.15) is 0 Å². The van der Waals surface area contributed by atoms with Crippen molar-refractivity contribution in [3.63, 3.8) is 0 Å². The Morgan fingerprint density at radius 1 is 1.47 bits per heavy atom. The topological polar surface area (TPSA) is 110 Å². The maximum Gasteiger partial charge on any atom is 0.335 e. The molecular formula is C7H10N2O5S. The van der Waals surface area contributed by atoms with Crippen molar-refractivity contribution < 1.29 is 22.7 Å². The van der Waals surface area contributed by atoms with Crippen LogP contribution in [0.4, 0.5) is 0 Å². The molecule has 15 heavy (non-hydrogen) atoms. The molecule has 0 aromatic carbocycles. The molecule has 0 spiro atoms. The number of hydrogen-bond acceptors (Lipinski definition) is 6. The van der Waals surface area contributed by atoms with Gasteiger partial charge in [-0.1, -0.05) is 12.0 Å². The minimum Gasteiger partial charge on any atom is -0.481 e. The van der Waals surface area contributed by atoms with Crippen LogP contribution in [0.2, 0.25) is 0 Å². The van der Waals surface area contributed by atoms with Crippen LogP contribution in [0.1, 0.15) is 19.2 Å². The SMILES string of the molecule is CCc1nnc(S(=O)(=O)CCC(=O)O)o1. The zero-order valence-corrected chi connectivity index (χ0v) is 8.82. The average Bonchev–Trinajstić information content (AvgIpc) is 2.63. The van der Waals surface area contributed by atoms with Gasteiger partial charge in [-0.2, -0.15) is 0 Å². The van der Waals surface area contributed by atoms with E-state index in [0.717, 1.165) is 0 Å². The van der Waals surface area contributed by atoms with Gasteiger partial charge in [-0.05, 0) is 0 Å². The normalized spacial score (nSPS) is 11.5. The Bertz CT molecular complexity index is 450. The predicted molar refractivity (Wildman–Crippen MR) is 48.0 cm³/mol. The lowest BCUT2D eigenvalue weighted by molar-refractivity contribution is -0.136. The number of carboxylic acids is 1. The van der Waals surface area contributed by atoms with Crippen LogP contribution in [0, 0.1) is 0 Å². The fraction of sp³-hybridized carbons (Fsp3) is 0.571. The highest BCUT2D eigenvalue weighted by atomic mass is 32.2. The summed E-state index contributed by atoms with van der Waals surface area (Å²) in [5.41, 5.74) is 0. The van der Waals surface area contributed by atoms with E-state index in [1.54, 1.807) is 6.92 Å². The van der Waals surface area contributed by atoms with E-state index in [0.29, 0.717) is 6.42 Å². The van der Waals surface area contributed by atoms with Crippen LogP contribution in [0.5, 0.6) is 0 Å². The molecular weight excluding hydrogens is 224 g/mol. The van der Waals surface area contributed by atoms with E-state index in [2.05, 4.69) is 10.2 Å². The minimum atomic E-state index is -3.77. The molecule has 84 valence electrons. The lowest BCUT2D eigenvalue weighted by Crippen LogP contribution is -2.11. The third kappa shape index (κ3) is 3.01. The molecule has 0 bridgehead atoms. The summed E-state index contributed by atoms with van der Waals surface area (Å²) in [6, 6.07) is 0. The number of carbonyl (C=O) groups is 1. The molecule has 0 saturated heterocycles. The lowest BCUT2D eigenvalue weighted by Gasteiger charge is -1.95. The molecule has 1 rings (SSSR count). The fourth-order valence-corrected chi connectivity index (χ4v) is 1.82. The van der Waals surface area contributed by atoms with Crippen LogP contribution in [0.25, 0.3) is 0 Å². The van der Waals surface area contributed by atoms with Gasteiger partial charge in [-0.25, -0.2) is 8.42 Å². The maximum absolute atomic E-state index is 11.4. The summed E-state index contributed by atoms with van der Waals surface area (Å²) in [7, 11) is -3.77. The monoisotopic (exact) mass is 234 g/mol. The highest BCUT2D eigenvalue weighted by Crippen LogP contribution is 2.10. The first kappa shape index (κ1) is 11.6. The quantitative estimate of drug-likeness (QED) is 0.756. The lowest BCUT2D eigenvalue weighted by atomic mass is 10.5. The van der Waals surface area contributed by atoms with E-state index in [9.17, 15) is 13.2 Å². The van der Waals surface area contributed by atoms with Gasteiger partial charge in [0, 0.05) is 6.42 Å². The number of aromatic nitrogens is 2. The molecule has 0 aliphatic carbocycles. The number of rotatable bonds is 5. The Morgan fingerprint density at radius 3 is 2.60 bits per heavy atom. The summed E-state index contributed by atoms with van der Waals surface area (Å²) in [6.45, 7) is 1.74.